The molecular weight excluding hydrogens is 318 g/mol. The van der Waals surface area contributed by atoms with Crippen molar-refractivity contribution in [1.82, 2.24) is 14.8 Å². The quantitative estimate of drug-likeness (QED) is 0.776. The summed E-state index contributed by atoms with van der Waals surface area (Å²) in [6.45, 7) is 7.51. The minimum atomic E-state index is -0.508. The standard InChI is InChI=1S/C16H22ClN3O3/c1-16(2,3)23-15(22)20-8-6-19(7-9-20)14(21)10-12-4-5-13(17)18-11-12/h4-5,11H,6-10H2,1-3H3. The predicted octanol–water partition coefficient (Wildman–Crippen LogP) is 2.36. The molecule has 2 rings (SSSR count). The number of carbonyl (C=O) groups excluding carboxylic acids is 2. The second kappa shape index (κ2) is 7.17. The highest BCUT2D eigenvalue weighted by Crippen LogP contribution is 2.13. The predicted molar refractivity (Wildman–Crippen MR) is 87.3 cm³/mol. The number of piperazine rings is 1. The molecular formula is C16H22ClN3O3. The number of aromatic nitrogens is 1. The van der Waals surface area contributed by atoms with Gasteiger partial charge < -0.3 is 14.5 Å². The van der Waals surface area contributed by atoms with Gasteiger partial charge in [0.25, 0.3) is 0 Å². The van der Waals surface area contributed by atoms with E-state index in [0.29, 0.717) is 31.3 Å². The molecule has 0 aromatic carbocycles. The Morgan fingerprint density at radius 1 is 1.17 bits per heavy atom. The van der Waals surface area contributed by atoms with E-state index in [2.05, 4.69) is 4.98 Å². The van der Waals surface area contributed by atoms with E-state index in [4.69, 9.17) is 16.3 Å². The van der Waals surface area contributed by atoms with Gasteiger partial charge in [-0.3, -0.25) is 4.79 Å². The molecule has 23 heavy (non-hydrogen) atoms. The first-order chi connectivity index (χ1) is 10.7. The average molecular weight is 340 g/mol. The molecule has 0 aliphatic carbocycles. The first-order valence-corrected chi connectivity index (χ1v) is 7.98. The number of hydrogen-bond donors (Lipinski definition) is 0. The van der Waals surface area contributed by atoms with Crippen LogP contribution in [0.4, 0.5) is 4.79 Å². The van der Waals surface area contributed by atoms with Gasteiger partial charge in [0.2, 0.25) is 5.91 Å². The Bertz CT molecular complexity index is 561. The lowest BCUT2D eigenvalue weighted by molar-refractivity contribution is -0.132. The summed E-state index contributed by atoms with van der Waals surface area (Å²) in [5.74, 6) is 0.0259. The van der Waals surface area contributed by atoms with E-state index in [1.54, 1.807) is 28.1 Å². The Morgan fingerprint density at radius 2 is 1.78 bits per heavy atom. The van der Waals surface area contributed by atoms with E-state index in [1.807, 2.05) is 20.8 Å². The summed E-state index contributed by atoms with van der Waals surface area (Å²) < 4.78 is 5.34. The van der Waals surface area contributed by atoms with Crippen molar-refractivity contribution in [3.63, 3.8) is 0 Å². The van der Waals surface area contributed by atoms with E-state index >= 15 is 0 Å². The fourth-order valence-electron chi connectivity index (χ4n) is 2.26. The van der Waals surface area contributed by atoms with Crippen LogP contribution in [-0.2, 0) is 16.0 Å². The van der Waals surface area contributed by atoms with Crippen LogP contribution in [0.3, 0.4) is 0 Å². The van der Waals surface area contributed by atoms with Crippen molar-refractivity contribution in [2.24, 2.45) is 0 Å². The number of pyridine rings is 1. The Kier molecular flexibility index (Phi) is 5.46. The lowest BCUT2D eigenvalue weighted by Gasteiger charge is -2.35. The van der Waals surface area contributed by atoms with Gasteiger partial charge in [-0.25, -0.2) is 9.78 Å². The summed E-state index contributed by atoms with van der Waals surface area (Å²) >= 11 is 5.73. The summed E-state index contributed by atoms with van der Waals surface area (Å²) in [4.78, 5) is 31.6. The fraction of sp³-hybridized carbons (Fsp3) is 0.562. The number of rotatable bonds is 2. The van der Waals surface area contributed by atoms with Crippen molar-refractivity contribution >= 4 is 23.6 Å². The molecule has 0 bridgehead atoms. The first-order valence-electron chi connectivity index (χ1n) is 7.61. The molecule has 1 aliphatic heterocycles. The summed E-state index contributed by atoms with van der Waals surface area (Å²) in [7, 11) is 0. The molecule has 6 nitrogen and oxygen atoms in total. The van der Waals surface area contributed by atoms with E-state index in [1.165, 1.54) is 0 Å². The Labute approximate surface area is 141 Å². The Balaban J connectivity index is 1.83. The van der Waals surface area contributed by atoms with Gasteiger partial charge in [-0.2, -0.15) is 0 Å². The minimum Gasteiger partial charge on any atom is -0.444 e. The molecule has 2 amide bonds. The zero-order valence-corrected chi connectivity index (χ0v) is 14.5. The third-order valence-corrected chi connectivity index (χ3v) is 3.65. The van der Waals surface area contributed by atoms with Crippen molar-refractivity contribution in [2.45, 2.75) is 32.8 Å². The van der Waals surface area contributed by atoms with Gasteiger partial charge in [-0.05, 0) is 32.4 Å². The topological polar surface area (TPSA) is 62.7 Å². The van der Waals surface area contributed by atoms with Gasteiger partial charge >= 0.3 is 6.09 Å². The molecule has 1 saturated heterocycles. The summed E-state index contributed by atoms with van der Waals surface area (Å²) in [6, 6.07) is 3.47. The van der Waals surface area contributed by atoms with E-state index < -0.39 is 5.60 Å². The van der Waals surface area contributed by atoms with Crippen LogP contribution < -0.4 is 0 Å². The van der Waals surface area contributed by atoms with Crippen molar-refractivity contribution in [3.05, 3.63) is 29.0 Å². The normalized spacial score (nSPS) is 15.5. The molecule has 0 N–H and O–H groups in total. The third kappa shape index (κ3) is 5.39. The van der Waals surface area contributed by atoms with Crippen LogP contribution in [-0.4, -0.2) is 58.6 Å². The zero-order chi connectivity index (χ0) is 17.0. The van der Waals surface area contributed by atoms with Gasteiger partial charge in [-0.15, -0.1) is 0 Å². The van der Waals surface area contributed by atoms with Gasteiger partial charge in [-0.1, -0.05) is 17.7 Å². The molecule has 0 unspecified atom stereocenters. The van der Waals surface area contributed by atoms with E-state index in [0.717, 1.165) is 5.56 Å². The maximum Gasteiger partial charge on any atom is 0.410 e. The fourth-order valence-corrected chi connectivity index (χ4v) is 2.37. The van der Waals surface area contributed by atoms with E-state index in [-0.39, 0.29) is 18.4 Å². The monoisotopic (exact) mass is 339 g/mol. The number of nitrogens with zero attached hydrogens (tertiary/aromatic N) is 3. The Morgan fingerprint density at radius 3 is 2.30 bits per heavy atom. The molecule has 2 heterocycles. The second-order valence-electron chi connectivity index (χ2n) is 6.51. The first kappa shape index (κ1) is 17.5. The van der Waals surface area contributed by atoms with Crippen molar-refractivity contribution in [1.29, 1.82) is 0 Å². The highest BCUT2D eigenvalue weighted by atomic mass is 35.5. The lowest BCUT2D eigenvalue weighted by atomic mass is 10.2. The molecule has 0 spiro atoms. The number of hydrogen-bond acceptors (Lipinski definition) is 4. The van der Waals surface area contributed by atoms with Crippen LogP contribution in [0.15, 0.2) is 18.3 Å². The van der Waals surface area contributed by atoms with Crippen LogP contribution in [0.1, 0.15) is 26.3 Å². The largest absolute Gasteiger partial charge is 0.444 e. The van der Waals surface area contributed by atoms with Crippen LogP contribution in [0.5, 0.6) is 0 Å². The third-order valence-electron chi connectivity index (χ3n) is 3.43. The SMILES string of the molecule is CC(C)(C)OC(=O)N1CCN(C(=O)Cc2ccc(Cl)nc2)CC1. The summed E-state index contributed by atoms with van der Waals surface area (Å²) in [6.07, 6.45) is 1.57. The molecule has 1 aliphatic rings. The molecule has 0 atom stereocenters. The van der Waals surface area contributed by atoms with Crippen LogP contribution in [0.25, 0.3) is 0 Å². The molecule has 0 saturated carbocycles. The van der Waals surface area contributed by atoms with Crippen molar-refractivity contribution < 1.29 is 14.3 Å². The summed E-state index contributed by atoms with van der Waals surface area (Å²) in [5.41, 5.74) is 0.319. The molecule has 1 aromatic heterocycles. The van der Waals surface area contributed by atoms with Gasteiger partial charge in [0.05, 0.1) is 6.42 Å². The number of ether oxygens (including phenoxy) is 1. The maximum atomic E-state index is 12.3. The summed E-state index contributed by atoms with van der Waals surface area (Å²) in [5, 5.41) is 0.409. The van der Waals surface area contributed by atoms with Crippen LogP contribution >= 0.6 is 11.6 Å². The molecule has 126 valence electrons. The molecule has 0 radical (unpaired) electrons. The molecule has 1 aromatic rings. The van der Waals surface area contributed by atoms with Crippen LogP contribution in [0.2, 0.25) is 5.15 Å². The van der Waals surface area contributed by atoms with E-state index in [9.17, 15) is 9.59 Å². The van der Waals surface area contributed by atoms with Crippen molar-refractivity contribution in [2.75, 3.05) is 26.2 Å². The smallest absolute Gasteiger partial charge is 0.410 e. The number of amides is 2. The van der Waals surface area contributed by atoms with Crippen LogP contribution in [0, 0.1) is 0 Å². The maximum absolute atomic E-state index is 12.3. The molecule has 1 fully saturated rings. The van der Waals surface area contributed by atoms with Gasteiger partial charge in [0.15, 0.2) is 0 Å². The minimum absolute atomic E-state index is 0.0259. The zero-order valence-electron chi connectivity index (χ0n) is 13.7. The van der Waals surface area contributed by atoms with Crippen molar-refractivity contribution in [3.8, 4) is 0 Å². The number of carbonyl (C=O) groups is 2. The van der Waals surface area contributed by atoms with Gasteiger partial charge in [0.1, 0.15) is 10.8 Å². The van der Waals surface area contributed by atoms with Gasteiger partial charge in [0, 0.05) is 32.4 Å². The number of halogens is 1. The lowest BCUT2D eigenvalue weighted by Crippen LogP contribution is -2.52. The second-order valence-corrected chi connectivity index (χ2v) is 6.90. The highest BCUT2D eigenvalue weighted by molar-refractivity contribution is 6.29. The Hall–Kier alpha value is -1.82. The average Bonchev–Trinajstić information content (AvgIpc) is 2.48. The molecule has 7 heteroatoms. The highest BCUT2D eigenvalue weighted by Gasteiger charge is 2.27.